The normalized spacial score (nSPS) is 11.9. The third kappa shape index (κ3) is 4.12. The van der Waals surface area contributed by atoms with E-state index in [-0.39, 0.29) is 6.03 Å². The number of aromatic amines is 1. The molecule has 0 aliphatic rings. The second-order valence-electron chi connectivity index (χ2n) is 5.55. The highest BCUT2D eigenvalue weighted by molar-refractivity contribution is 5.83. The van der Waals surface area contributed by atoms with Crippen LogP contribution in [0.5, 0.6) is 0 Å². The third-order valence-corrected chi connectivity index (χ3v) is 3.70. The van der Waals surface area contributed by atoms with Crippen LogP contribution in [0.15, 0.2) is 42.2 Å². The zero-order valence-corrected chi connectivity index (χ0v) is 12.9. The maximum atomic E-state index is 11.7. The Kier molecular flexibility index (Phi) is 5.04. The number of hydrogen-bond acceptors (Lipinski definition) is 1. The molecule has 4 heteroatoms. The van der Waals surface area contributed by atoms with Gasteiger partial charge in [-0.05, 0) is 30.9 Å². The van der Waals surface area contributed by atoms with E-state index in [1.807, 2.05) is 25.3 Å². The maximum Gasteiger partial charge on any atom is 0.318 e. The number of carbonyl (C=O) groups is 1. The summed E-state index contributed by atoms with van der Waals surface area (Å²) in [5.41, 5.74) is 3.51. The van der Waals surface area contributed by atoms with Gasteiger partial charge in [0, 0.05) is 29.8 Å². The molecule has 1 aromatic heterocycles. The summed E-state index contributed by atoms with van der Waals surface area (Å²) in [7, 11) is 0. The fraction of sp³-hybridized carbons (Fsp3) is 0.353. The molecule has 0 unspecified atom stereocenters. The van der Waals surface area contributed by atoms with Gasteiger partial charge in [0.15, 0.2) is 0 Å². The van der Waals surface area contributed by atoms with Crippen LogP contribution in [0.2, 0.25) is 0 Å². The minimum Gasteiger partial charge on any atom is -0.361 e. The Bertz CT molecular complexity index is 640. The van der Waals surface area contributed by atoms with E-state index in [0.29, 0.717) is 12.5 Å². The van der Waals surface area contributed by atoms with Gasteiger partial charge in [-0.3, -0.25) is 0 Å². The Labute approximate surface area is 125 Å². The third-order valence-electron chi connectivity index (χ3n) is 3.70. The minimum atomic E-state index is -0.158. The highest BCUT2D eigenvalue weighted by atomic mass is 16.2. The van der Waals surface area contributed by atoms with E-state index < -0.39 is 0 Å². The lowest BCUT2D eigenvalue weighted by atomic mass is 10.1. The van der Waals surface area contributed by atoms with Crippen LogP contribution in [0.25, 0.3) is 10.9 Å². The second-order valence-corrected chi connectivity index (χ2v) is 5.55. The molecule has 1 aromatic carbocycles. The molecule has 0 radical (unpaired) electrons. The molecule has 0 spiro atoms. The Morgan fingerprint density at radius 1 is 1.33 bits per heavy atom. The molecule has 0 aliphatic carbocycles. The summed E-state index contributed by atoms with van der Waals surface area (Å²) in [5.74, 6) is 0.441. The van der Waals surface area contributed by atoms with Crippen LogP contribution < -0.4 is 10.6 Å². The number of allylic oxidation sites excluding steroid dienone is 1. The number of rotatable bonds is 5. The Morgan fingerprint density at radius 3 is 2.86 bits per heavy atom. The van der Waals surface area contributed by atoms with Crippen molar-refractivity contribution in [3.63, 3.8) is 0 Å². The lowest BCUT2D eigenvalue weighted by molar-refractivity contribution is 0.244. The second kappa shape index (κ2) is 6.97. The van der Waals surface area contributed by atoms with E-state index in [9.17, 15) is 4.79 Å². The van der Waals surface area contributed by atoms with Crippen molar-refractivity contribution in [2.24, 2.45) is 5.92 Å². The molecule has 2 amide bonds. The zero-order valence-electron chi connectivity index (χ0n) is 12.9. The number of hydrogen-bond donors (Lipinski definition) is 3. The number of aromatic nitrogens is 1. The Hall–Kier alpha value is -2.23. The van der Waals surface area contributed by atoms with Gasteiger partial charge in [0.2, 0.25) is 0 Å². The predicted octanol–water partition coefficient (Wildman–Crippen LogP) is 3.57. The van der Waals surface area contributed by atoms with E-state index in [4.69, 9.17) is 0 Å². The van der Waals surface area contributed by atoms with E-state index in [1.165, 1.54) is 10.9 Å². The predicted molar refractivity (Wildman–Crippen MR) is 87.1 cm³/mol. The summed E-state index contributed by atoms with van der Waals surface area (Å²) >= 11 is 0. The lowest BCUT2D eigenvalue weighted by Gasteiger charge is -2.07. The number of amides is 2. The molecule has 0 atom stereocenters. The Balaban J connectivity index is 1.82. The summed E-state index contributed by atoms with van der Waals surface area (Å²) in [6, 6.07) is 8.03. The molecule has 2 aromatic rings. The molecule has 1 heterocycles. The van der Waals surface area contributed by atoms with Gasteiger partial charge in [0.05, 0.1) is 0 Å². The Morgan fingerprint density at radius 2 is 2.10 bits per heavy atom. The van der Waals surface area contributed by atoms with E-state index in [0.717, 1.165) is 17.5 Å². The quantitative estimate of drug-likeness (QED) is 0.773. The van der Waals surface area contributed by atoms with E-state index in [2.05, 4.69) is 41.6 Å². The van der Waals surface area contributed by atoms with Gasteiger partial charge in [-0.1, -0.05) is 37.6 Å². The van der Waals surface area contributed by atoms with E-state index >= 15 is 0 Å². The van der Waals surface area contributed by atoms with Gasteiger partial charge in [-0.15, -0.1) is 0 Å². The van der Waals surface area contributed by atoms with Gasteiger partial charge < -0.3 is 15.6 Å². The van der Waals surface area contributed by atoms with Gasteiger partial charge in [-0.25, -0.2) is 4.79 Å². The highest BCUT2D eigenvalue weighted by Gasteiger charge is 2.04. The van der Waals surface area contributed by atoms with Crippen molar-refractivity contribution in [2.45, 2.75) is 27.2 Å². The number of para-hydroxylation sites is 1. The van der Waals surface area contributed by atoms with Crippen molar-refractivity contribution < 1.29 is 4.79 Å². The summed E-state index contributed by atoms with van der Waals surface area (Å²) in [4.78, 5) is 14.9. The average molecular weight is 285 g/mol. The van der Waals surface area contributed by atoms with Gasteiger partial charge in [-0.2, -0.15) is 0 Å². The fourth-order valence-corrected chi connectivity index (χ4v) is 2.05. The van der Waals surface area contributed by atoms with Crippen LogP contribution in [0.1, 0.15) is 26.3 Å². The monoisotopic (exact) mass is 285 g/mol. The van der Waals surface area contributed by atoms with Gasteiger partial charge in [0.25, 0.3) is 0 Å². The highest BCUT2D eigenvalue weighted by Crippen LogP contribution is 2.17. The molecule has 0 bridgehead atoms. The van der Waals surface area contributed by atoms with Crippen molar-refractivity contribution >= 4 is 16.9 Å². The van der Waals surface area contributed by atoms with E-state index in [1.54, 1.807) is 6.20 Å². The molecule has 3 N–H and O–H groups in total. The van der Waals surface area contributed by atoms with Crippen molar-refractivity contribution in [1.29, 1.82) is 0 Å². The number of urea groups is 1. The van der Waals surface area contributed by atoms with Crippen LogP contribution >= 0.6 is 0 Å². The van der Waals surface area contributed by atoms with Gasteiger partial charge >= 0.3 is 6.03 Å². The smallest absolute Gasteiger partial charge is 0.318 e. The lowest BCUT2D eigenvalue weighted by Crippen LogP contribution is -2.33. The van der Waals surface area contributed by atoms with Gasteiger partial charge in [0.1, 0.15) is 0 Å². The van der Waals surface area contributed by atoms with Crippen LogP contribution in [0, 0.1) is 5.92 Å². The molecule has 4 nitrogen and oxygen atoms in total. The topological polar surface area (TPSA) is 56.9 Å². The average Bonchev–Trinajstić information content (AvgIpc) is 2.88. The molecule has 0 aliphatic heterocycles. The largest absolute Gasteiger partial charge is 0.361 e. The van der Waals surface area contributed by atoms with Crippen LogP contribution in [0.4, 0.5) is 4.79 Å². The molecular weight excluding hydrogens is 262 g/mol. The standard InChI is InChI=1S/C17H23N3O/c1-12(2)13(3)10-20-17(21)18-9-8-14-11-19-16-7-5-4-6-15(14)16/h4-7,10-12,19H,8-9H2,1-3H3,(H2,18,20,21)/b13-10+. The first-order valence-corrected chi connectivity index (χ1v) is 7.34. The molecule has 0 saturated carbocycles. The maximum absolute atomic E-state index is 11.7. The molecule has 2 rings (SSSR count). The zero-order chi connectivity index (χ0) is 15.2. The van der Waals surface area contributed by atoms with Crippen LogP contribution in [0.3, 0.4) is 0 Å². The first kappa shape index (κ1) is 15.2. The molecular formula is C17H23N3O. The number of benzene rings is 1. The molecule has 21 heavy (non-hydrogen) atoms. The summed E-state index contributed by atoms with van der Waals surface area (Å²) in [6.45, 7) is 6.82. The summed E-state index contributed by atoms with van der Waals surface area (Å²) in [6.07, 6.45) is 4.59. The summed E-state index contributed by atoms with van der Waals surface area (Å²) < 4.78 is 0. The van der Waals surface area contributed by atoms with Crippen molar-refractivity contribution in [3.8, 4) is 0 Å². The molecule has 112 valence electrons. The van der Waals surface area contributed by atoms with Crippen LogP contribution in [-0.2, 0) is 6.42 Å². The van der Waals surface area contributed by atoms with Crippen molar-refractivity contribution in [3.05, 3.63) is 47.8 Å². The number of nitrogens with one attached hydrogen (secondary N) is 3. The summed E-state index contributed by atoms with van der Waals surface area (Å²) in [5, 5.41) is 6.85. The van der Waals surface area contributed by atoms with Crippen LogP contribution in [-0.4, -0.2) is 17.6 Å². The SMILES string of the molecule is C/C(=C\NC(=O)NCCc1c[nH]c2ccccc12)C(C)C. The number of H-pyrrole nitrogens is 1. The van der Waals surface area contributed by atoms with Crippen molar-refractivity contribution in [2.75, 3.05) is 6.54 Å². The first-order chi connectivity index (χ1) is 10.1. The first-order valence-electron chi connectivity index (χ1n) is 7.34. The molecule has 0 fully saturated rings. The fourth-order valence-electron chi connectivity index (χ4n) is 2.05. The van der Waals surface area contributed by atoms with Crippen molar-refractivity contribution in [1.82, 2.24) is 15.6 Å². The number of carbonyl (C=O) groups excluding carboxylic acids is 1. The minimum absolute atomic E-state index is 0.158. The number of fused-ring (bicyclic) bond motifs is 1. The molecule has 0 saturated heterocycles.